The first-order valence-corrected chi connectivity index (χ1v) is 10.3. The highest BCUT2D eigenvalue weighted by Crippen LogP contribution is 2.16. The minimum Gasteiger partial charge on any atom is -0.494 e. The molecule has 158 valence electrons. The average molecular weight is 426 g/mol. The Labute approximate surface area is 182 Å². The Hall–Kier alpha value is -3.19. The van der Waals surface area contributed by atoms with Gasteiger partial charge in [0.25, 0.3) is 11.8 Å². The van der Waals surface area contributed by atoms with E-state index in [-0.39, 0.29) is 16.9 Å². The molecular formula is C23H27N3O3S. The van der Waals surface area contributed by atoms with Gasteiger partial charge in [0, 0.05) is 12.1 Å². The molecule has 2 aromatic carbocycles. The second kappa shape index (κ2) is 12.4. The number of hydrogen-bond acceptors (Lipinski definition) is 4. The Morgan fingerprint density at radius 1 is 1.07 bits per heavy atom. The lowest BCUT2D eigenvalue weighted by Gasteiger charge is -2.13. The van der Waals surface area contributed by atoms with Gasteiger partial charge in [-0.2, -0.15) is 0 Å². The van der Waals surface area contributed by atoms with Gasteiger partial charge in [-0.05, 0) is 55.0 Å². The van der Waals surface area contributed by atoms with Crippen molar-refractivity contribution in [3.63, 3.8) is 0 Å². The van der Waals surface area contributed by atoms with Gasteiger partial charge in [0.15, 0.2) is 5.11 Å². The van der Waals surface area contributed by atoms with Gasteiger partial charge in [0.1, 0.15) is 5.75 Å². The van der Waals surface area contributed by atoms with Crippen LogP contribution in [0.1, 0.15) is 46.9 Å². The van der Waals surface area contributed by atoms with Crippen molar-refractivity contribution in [3.8, 4) is 5.75 Å². The number of thiocarbonyl (C=S) groups is 1. The summed E-state index contributed by atoms with van der Waals surface area (Å²) in [5.74, 6) is 0.114. The third-order valence-electron chi connectivity index (χ3n) is 4.19. The van der Waals surface area contributed by atoms with Crippen molar-refractivity contribution < 1.29 is 14.3 Å². The number of unbranched alkanes of at least 4 members (excludes halogenated alkanes) is 2. The van der Waals surface area contributed by atoms with Crippen LogP contribution in [0.15, 0.2) is 61.2 Å². The van der Waals surface area contributed by atoms with Crippen LogP contribution >= 0.6 is 12.2 Å². The normalized spacial score (nSPS) is 10.0. The molecule has 0 aliphatic rings. The van der Waals surface area contributed by atoms with E-state index in [0.29, 0.717) is 30.0 Å². The number of amides is 2. The number of carbonyl (C=O) groups is 2. The van der Waals surface area contributed by atoms with Gasteiger partial charge in [-0.25, -0.2) is 0 Å². The molecule has 2 rings (SSSR count). The number of nitrogens with one attached hydrogen (secondary N) is 3. The third kappa shape index (κ3) is 7.33. The van der Waals surface area contributed by atoms with Gasteiger partial charge in [-0.1, -0.05) is 38.0 Å². The highest BCUT2D eigenvalue weighted by Gasteiger charge is 2.13. The Kier molecular flexibility index (Phi) is 9.54. The first-order chi connectivity index (χ1) is 14.5. The topological polar surface area (TPSA) is 79.5 Å². The van der Waals surface area contributed by atoms with E-state index in [1.165, 1.54) is 0 Å². The molecule has 0 fully saturated rings. The Bertz CT molecular complexity index is 882. The molecule has 0 radical (unpaired) electrons. The van der Waals surface area contributed by atoms with Gasteiger partial charge in [0.2, 0.25) is 0 Å². The predicted molar refractivity (Wildman–Crippen MR) is 124 cm³/mol. The fourth-order valence-corrected chi connectivity index (χ4v) is 2.83. The lowest BCUT2D eigenvalue weighted by Crippen LogP contribution is -2.35. The van der Waals surface area contributed by atoms with E-state index < -0.39 is 0 Å². The van der Waals surface area contributed by atoms with Crippen LogP contribution < -0.4 is 20.7 Å². The monoisotopic (exact) mass is 425 g/mol. The zero-order valence-electron chi connectivity index (χ0n) is 17.1. The first-order valence-electron chi connectivity index (χ1n) is 9.88. The number of rotatable bonds is 10. The van der Waals surface area contributed by atoms with Crippen LogP contribution in [0.2, 0.25) is 0 Å². The van der Waals surface area contributed by atoms with E-state index in [0.717, 1.165) is 25.0 Å². The van der Waals surface area contributed by atoms with E-state index in [9.17, 15) is 9.59 Å². The lowest BCUT2D eigenvalue weighted by atomic mass is 10.1. The van der Waals surface area contributed by atoms with Crippen LogP contribution in [-0.2, 0) is 0 Å². The van der Waals surface area contributed by atoms with Crippen molar-refractivity contribution in [2.24, 2.45) is 0 Å². The SMILES string of the molecule is C=CCNC(=O)c1ccccc1NC(=S)NC(=O)c1ccc(OCCCCC)cc1. The molecule has 0 saturated heterocycles. The van der Waals surface area contributed by atoms with E-state index in [2.05, 4.69) is 29.5 Å². The number of hydrogen-bond donors (Lipinski definition) is 3. The number of ether oxygens (including phenoxy) is 1. The van der Waals surface area contributed by atoms with E-state index in [1.54, 1.807) is 54.6 Å². The quantitative estimate of drug-likeness (QED) is 0.301. The van der Waals surface area contributed by atoms with Gasteiger partial charge in [-0.15, -0.1) is 6.58 Å². The van der Waals surface area contributed by atoms with Crippen LogP contribution in [0.3, 0.4) is 0 Å². The molecule has 0 spiro atoms. The van der Waals surface area contributed by atoms with Gasteiger partial charge in [0.05, 0.1) is 17.9 Å². The number of para-hydroxylation sites is 1. The van der Waals surface area contributed by atoms with Crippen molar-refractivity contribution in [1.82, 2.24) is 10.6 Å². The summed E-state index contributed by atoms with van der Waals surface area (Å²) >= 11 is 5.24. The zero-order valence-corrected chi connectivity index (χ0v) is 17.9. The zero-order chi connectivity index (χ0) is 21.8. The molecule has 3 N–H and O–H groups in total. The summed E-state index contributed by atoms with van der Waals surface area (Å²) in [4.78, 5) is 24.7. The first kappa shape index (κ1) is 23.1. The summed E-state index contributed by atoms with van der Waals surface area (Å²) in [5.41, 5.74) is 1.37. The van der Waals surface area contributed by atoms with Crippen molar-refractivity contribution in [2.75, 3.05) is 18.5 Å². The van der Waals surface area contributed by atoms with Crippen LogP contribution in [-0.4, -0.2) is 30.1 Å². The maximum atomic E-state index is 12.4. The van der Waals surface area contributed by atoms with Crippen molar-refractivity contribution in [2.45, 2.75) is 26.2 Å². The van der Waals surface area contributed by atoms with Crippen LogP contribution in [0, 0.1) is 0 Å². The molecule has 0 aliphatic carbocycles. The molecule has 7 heteroatoms. The molecule has 30 heavy (non-hydrogen) atoms. The summed E-state index contributed by atoms with van der Waals surface area (Å²) in [5, 5.41) is 8.35. The summed E-state index contributed by atoms with van der Waals surface area (Å²) < 4.78 is 5.65. The molecular weight excluding hydrogens is 398 g/mol. The molecule has 0 aromatic heterocycles. The minimum atomic E-state index is -0.348. The van der Waals surface area contributed by atoms with Crippen molar-refractivity contribution in [3.05, 3.63) is 72.3 Å². The predicted octanol–water partition coefficient (Wildman–Crippen LogP) is 4.30. The fraction of sp³-hybridized carbons (Fsp3) is 0.261. The molecule has 0 unspecified atom stereocenters. The summed E-state index contributed by atoms with van der Waals surface area (Å²) in [7, 11) is 0. The molecule has 0 bridgehead atoms. The highest BCUT2D eigenvalue weighted by molar-refractivity contribution is 7.80. The minimum absolute atomic E-state index is 0.101. The summed E-state index contributed by atoms with van der Waals surface area (Å²) in [6.45, 7) is 6.74. The Morgan fingerprint density at radius 3 is 2.50 bits per heavy atom. The number of anilines is 1. The summed E-state index contributed by atoms with van der Waals surface area (Å²) in [6, 6.07) is 13.8. The van der Waals surface area contributed by atoms with Gasteiger partial charge < -0.3 is 15.4 Å². The van der Waals surface area contributed by atoms with Gasteiger partial charge in [-0.3, -0.25) is 14.9 Å². The molecule has 2 amide bonds. The second-order valence-electron chi connectivity index (χ2n) is 6.53. The third-order valence-corrected chi connectivity index (χ3v) is 4.39. The van der Waals surface area contributed by atoms with Crippen LogP contribution in [0.4, 0.5) is 5.69 Å². The van der Waals surface area contributed by atoms with E-state index in [4.69, 9.17) is 17.0 Å². The maximum Gasteiger partial charge on any atom is 0.257 e. The maximum absolute atomic E-state index is 12.4. The molecule has 2 aromatic rings. The van der Waals surface area contributed by atoms with Gasteiger partial charge >= 0.3 is 0 Å². The lowest BCUT2D eigenvalue weighted by molar-refractivity contribution is 0.0956. The standard InChI is InChI=1S/C23H27N3O3S/c1-3-5-8-16-29-18-13-11-17(12-14-18)21(27)26-23(30)25-20-10-7-6-9-19(20)22(28)24-15-4-2/h4,6-7,9-14H,2-3,5,8,15-16H2,1H3,(H,24,28)(H2,25,26,27,30). The largest absolute Gasteiger partial charge is 0.494 e. The van der Waals surface area contributed by atoms with E-state index >= 15 is 0 Å². The molecule has 0 atom stereocenters. The number of carbonyl (C=O) groups excluding carboxylic acids is 2. The smallest absolute Gasteiger partial charge is 0.257 e. The van der Waals surface area contributed by atoms with Crippen molar-refractivity contribution >= 4 is 34.8 Å². The fourth-order valence-electron chi connectivity index (χ4n) is 2.62. The second-order valence-corrected chi connectivity index (χ2v) is 6.94. The van der Waals surface area contributed by atoms with Crippen LogP contribution in [0.25, 0.3) is 0 Å². The molecule has 0 saturated carbocycles. The van der Waals surface area contributed by atoms with Crippen molar-refractivity contribution in [1.29, 1.82) is 0 Å². The average Bonchev–Trinajstić information content (AvgIpc) is 2.75. The van der Waals surface area contributed by atoms with E-state index in [1.807, 2.05) is 0 Å². The highest BCUT2D eigenvalue weighted by atomic mass is 32.1. The summed E-state index contributed by atoms with van der Waals surface area (Å²) in [6.07, 6.45) is 4.87. The Balaban J connectivity index is 1.93. The Morgan fingerprint density at radius 2 is 1.80 bits per heavy atom. The number of benzene rings is 2. The van der Waals surface area contributed by atoms with Crippen LogP contribution in [0.5, 0.6) is 5.75 Å². The molecule has 0 heterocycles. The molecule has 6 nitrogen and oxygen atoms in total. The molecule has 0 aliphatic heterocycles.